The van der Waals surface area contributed by atoms with Crippen molar-refractivity contribution < 1.29 is 20.1 Å². The molecule has 0 saturated heterocycles. The highest BCUT2D eigenvalue weighted by Crippen LogP contribution is 2.44. The molecule has 30 heavy (non-hydrogen) atoms. The molecule has 0 amide bonds. The van der Waals surface area contributed by atoms with Gasteiger partial charge in [-0.05, 0) is 41.1 Å². The zero-order valence-corrected chi connectivity index (χ0v) is 20.4. The number of esters is 1. The summed E-state index contributed by atoms with van der Waals surface area (Å²) in [4.78, 5) is 15.9. The first kappa shape index (κ1) is 26.2. The zero-order valence-electron chi connectivity index (χ0n) is 17.2. The van der Waals surface area contributed by atoms with Gasteiger partial charge >= 0.3 is 5.97 Å². The topological polar surface area (TPSA) is 86.2 Å². The van der Waals surface area contributed by atoms with Gasteiger partial charge in [0.25, 0.3) is 0 Å². The molecule has 9 heteroatoms. The predicted molar refractivity (Wildman–Crippen MR) is 129 cm³/mol. The lowest BCUT2D eigenvalue weighted by atomic mass is 10.1. The highest BCUT2D eigenvalue weighted by atomic mass is 79.9. The summed E-state index contributed by atoms with van der Waals surface area (Å²) >= 11 is 5.09. The minimum absolute atomic E-state index is 0. The SMILES string of the molecule is CCOC(=O)c1c(CSc2ccccc2)n(C)c2cc(Br)c(O)c(N(C)C)c12.Cl.O. The van der Waals surface area contributed by atoms with Crippen LogP contribution >= 0.6 is 40.1 Å². The van der Waals surface area contributed by atoms with E-state index in [1.165, 1.54) is 0 Å². The number of aromatic nitrogens is 1. The number of rotatable bonds is 6. The Bertz CT molecular complexity index is 1030. The summed E-state index contributed by atoms with van der Waals surface area (Å²) in [6.07, 6.45) is 0. The van der Waals surface area contributed by atoms with Gasteiger partial charge in [0.05, 0.1) is 27.8 Å². The summed E-state index contributed by atoms with van der Waals surface area (Å²) < 4.78 is 7.97. The summed E-state index contributed by atoms with van der Waals surface area (Å²) in [6.45, 7) is 2.09. The molecule has 2 aromatic carbocycles. The van der Waals surface area contributed by atoms with Crippen molar-refractivity contribution in [2.24, 2.45) is 7.05 Å². The second-order valence-electron chi connectivity index (χ2n) is 6.55. The fraction of sp³-hybridized carbons (Fsp3) is 0.286. The summed E-state index contributed by atoms with van der Waals surface area (Å²) in [5.41, 5.74) is 2.83. The van der Waals surface area contributed by atoms with Gasteiger partial charge in [-0.3, -0.25) is 0 Å². The van der Waals surface area contributed by atoms with Gasteiger partial charge in [-0.25, -0.2) is 4.79 Å². The van der Waals surface area contributed by atoms with Crippen LogP contribution < -0.4 is 4.90 Å². The molecule has 0 aliphatic heterocycles. The molecule has 0 fully saturated rings. The van der Waals surface area contributed by atoms with Crippen molar-refractivity contribution in [3.05, 3.63) is 52.1 Å². The van der Waals surface area contributed by atoms with Gasteiger partial charge in [0, 0.05) is 42.9 Å². The number of phenols is 1. The molecule has 0 atom stereocenters. The monoisotopic (exact) mass is 516 g/mol. The number of phenolic OH excluding ortho intramolecular Hbond substituents is 1. The lowest BCUT2D eigenvalue weighted by molar-refractivity contribution is 0.0527. The second kappa shape index (κ2) is 10.9. The van der Waals surface area contributed by atoms with Crippen molar-refractivity contribution in [3.8, 4) is 5.75 Å². The van der Waals surface area contributed by atoms with Gasteiger partial charge in [-0.2, -0.15) is 0 Å². The van der Waals surface area contributed by atoms with Crippen LogP contribution in [-0.4, -0.2) is 41.8 Å². The lowest BCUT2D eigenvalue weighted by Gasteiger charge is -2.18. The molecule has 3 aromatic rings. The molecular weight excluding hydrogens is 492 g/mol. The van der Waals surface area contributed by atoms with Crippen LogP contribution in [0.15, 0.2) is 45.8 Å². The Morgan fingerprint density at radius 1 is 1.27 bits per heavy atom. The third-order valence-electron chi connectivity index (χ3n) is 4.56. The Labute approximate surface area is 195 Å². The number of anilines is 1. The van der Waals surface area contributed by atoms with Crippen LogP contribution in [0.25, 0.3) is 10.9 Å². The molecule has 0 unspecified atom stereocenters. The summed E-state index contributed by atoms with van der Waals surface area (Å²) in [7, 11) is 5.64. The molecule has 0 aliphatic carbocycles. The Morgan fingerprint density at radius 3 is 2.47 bits per heavy atom. The molecule has 0 aliphatic rings. The van der Waals surface area contributed by atoms with E-state index < -0.39 is 0 Å². The number of thioether (sulfide) groups is 1. The number of aromatic hydroxyl groups is 1. The largest absolute Gasteiger partial charge is 0.505 e. The number of aryl methyl sites for hydroxylation is 1. The number of carbonyl (C=O) groups excluding carboxylic acids is 1. The van der Waals surface area contributed by atoms with Crippen LogP contribution in [-0.2, 0) is 17.5 Å². The van der Waals surface area contributed by atoms with Gasteiger partial charge < -0.3 is 24.8 Å². The van der Waals surface area contributed by atoms with E-state index in [4.69, 9.17) is 4.74 Å². The Balaban J connectivity index is 0.00000225. The number of fused-ring (bicyclic) bond motifs is 1. The third kappa shape index (κ3) is 4.88. The van der Waals surface area contributed by atoms with Crippen LogP contribution in [0.1, 0.15) is 23.0 Å². The summed E-state index contributed by atoms with van der Waals surface area (Å²) in [5.74, 6) is 0.340. The minimum atomic E-state index is -0.374. The number of hydrogen-bond acceptors (Lipinski definition) is 5. The number of nitrogens with zero attached hydrogens (tertiary/aromatic N) is 2. The Morgan fingerprint density at radius 2 is 1.90 bits per heavy atom. The fourth-order valence-electron chi connectivity index (χ4n) is 3.28. The number of carbonyl (C=O) groups is 1. The van der Waals surface area contributed by atoms with E-state index in [1.54, 1.807) is 18.7 Å². The number of ether oxygens (including phenoxy) is 1. The van der Waals surface area contributed by atoms with Gasteiger partial charge in [-0.1, -0.05) is 18.2 Å². The van der Waals surface area contributed by atoms with E-state index in [0.29, 0.717) is 33.5 Å². The van der Waals surface area contributed by atoms with Crippen molar-refractivity contribution in [3.63, 3.8) is 0 Å². The smallest absolute Gasteiger partial charge is 0.340 e. The van der Waals surface area contributed by atoms with E-state index >= 15 is 0 Å². The van der Waals surface area contributed by atoms with Gasteiger partial charge in [0.1, 0.15) is 0 Å². The summed E-state index contributed by atoms with van der Waals surface area (Å²) in [6, 6.07) is 11.9. The van der Waals surface area contributed by atoms with E-state index in [0.717, 1.165) is 16.1 Å². The van der Waals surface area contributed by atoms with Crippen LogP contribution in [0.5, 0.6) is 5.75 Å². The minimum Gasteiger partial charge on any atom is -0.505 e. The third-order valence-corrected chi connectivity index (χ3v) is 6.19. The van der Waals surface area contributed by atoms with Gasteiger partial charge in [-0.15, -0.1) is 24.2 Å². The molecule has 0 radical (unpaired) electrons. The first-order valence-electron chi connectivity index (χ1n) is 8.91. The molecule has 164 valence electrons. The highest BCUT2D eigenvalue weighted by Gasteiger charge is 2.28. The molecule has 1 heterocycles. The van der Waals surface area contributed by atoms with E-state index in [9.17, 15) is 9.90 Å². The van der Waals surface area contributed by atoms with Crippen molar-refractivity contribution >= 4 is 62.7 Å². The standard InChI is InChI=1S/C21H23BrN2O3S.ClH.H2O/c1-5-27-21(26)18-16(12-28-13-9-7-6-8-10-13)24(4)15-11-14(22)20(25)19(17(15)18)23(2)3;;/h6-11,25H,5,12H2,1-4H3;1H;1H2. The van der Waals surface area contributed by atoms with Crippen molar-refractivity contribution in [2.75, 3.05) is 25.6 Å². The Hall–Kier alpha value is -1.87. The normalized spacial score (nSPS) is 10.3. The van der Waals surface area contributed by atoms with Crippen molar-refractivity contribution in [1.82, 2.24) is 4.57 Å². The lowest BCUT2D eigenvalue weighted by Crippen LogP contribution is -2.12. The van der Waals surface area contributed by atoms with E-state index in [2.05, 4.69) is 15.9 Å². The van der Waals surface area contributed by atoms with Gasteiger partial charge in [0.15, 0.2) is 5.75 Å². The quantitative estimate of drug-likeness (QED) is 0.376. The molecule has 3 N–H and O–H groups in total. The fourth-order valence-corrected chi connectivity index (χ4v) is 4.67. The second-order valence-corrected chi connectivity index (χ2v) is 8.45. The zero-order chi connectivity index (χ0) is 20.4. The molecule has 0 saturated carbocycles. The Kier molecular flexibility index (Phi) is 9.55. The van der Waals surface area contributed by atoms with Crippen LogP contribution in [0.3, 0.4) is 0 Å². The maximum Gasteiger partial charge on any atom is 0.340 e. The number of halogens is 2. The van der Waals surface area contributed by atoms with Crippen molar-refractivity contribution in [1.29, 1.82) is 0 Å². The summed E-state index contributed by atoms with van der Waals surface area (Å²) in [5, 5.41) is 11.4. The van der Waals surface area contributed by atoms with Crippen molar-refractivity contribution in [2.45, 2.75) is 17.6 Å². The molecule has 0 bridgehead atoms. The average Bonchev–Trinajstić information content (AvgIpc) is 2.93. The molecule has 6 nitrogen and oxygen atoms in total. The molecule has 3 rings (SSSR count). The number of benzene rings is 2. The first-order chi connectivity index (χ1) is 13.4. The molecule has 1 aromatic heterocycles. The molecule has 0 spiro atoms. The first-order valence-corrected chi connectivity index (χ1v) is 10.7. The van der Waals surface area contributed by atoms with Crippen LogP contribution in [0.2, 0.25) is 0 Å². The van der Waals surface area contributed by atoms with Crippen LogP contribution in [0.4, 0.5) is 5.69 Å². The van der Waals surface area contributed by atoms with Gasteiger partial charge in [0.2, 0.25) is 0 Å². The van der Waals surface area contributed by atoms with E-state index in [-0.39, 0.29) is 29.6 Å². The predicted octanol–water partition coefficient (Wildman–Crippen LogP) is 4.78. The molecular formula is C21H26BrClN2O4S. The maximum absolute atomic E-state index is 12.9. The van der Waals surface area contributed by atoms with Crippen LogP contribution in [0, 0.1) is 0 Å². The van der Waals surface area contributed by atoms with E-state index in [1.807, 2.05) is 67.0 Å². The maximum atomic E-state index is 12.9. The highest BCUT2D eigenvalue weighted by molar-refractivity contribution is 9.10. The average molecular weight is 518 g/mol. The number of hydrogen-bond donors (Lipinski definition) is 1.